The first-order valence-electron chi connectivity index (χ1n) is 25.1. The molecule has 3 fully saturated rings. The second-order valence-electron chi connectivity index (χ2n) is 20.1. The van der Waals surface area contributed by atoms with Crippen molar-refractivity contribution in [2.24, 2.45) is 40.9 Å². The quantitative estimate of drug-likeness (QED) is 0.0516. The van der Waals surface area contributed by atoms with Gasteiger partial charge < -0.3 is 24.4 Å². The molecule has 2 N–H and O–H groups in total. The first kappa shape index (κ1) is 51.0. The van der Waals surface area contributed by atoms with E-state index in [0.29, 0.717) is 48.9 Å². The number of aliphatic hydroxyl groups excluding tert-OH is 2. The lowest BCUT2D eigenvalue weighted by atomic mass is 9.64. The van der Waals surface area contributed by atoms with Crippen LogP contribution in [0.15, 0.2) is 36.4 Å². The van der Waals surface area contributed by atoms with Gasteiger partial charge in [0.2, 0.25) is 0 Å². The Morgan fingerprint density at radius 2 is 1.16 bits per heavy atom. The second-order valence-corrected chi connectivity index (χ2v) is 20.1. The highest BCUT2D eigenvalue weighted by Crippen LogP contribution is 2.48. The lowest BCUT2D eigenvalue weighted by molar-refractivity contribution is -0.139. The van der Waals surface area contributed by atoms with Gasteiger partial charge in [-0.15, -0.1) is 0 Å². The molecular formula is C54H88O7. The van der Waals surface area contributed by atoms with Crippen molar-refractivity contribution in [2.45, 2.75) is 195 Å². The molecule has 0 amide bonds. The number of hydrogen-bond donors (Lipinski definition) is 2. The Labute approximate surface area is 372 Å². The van der Waals surface area contributed by atoms with E-state index >= 15 is 0 Å². The van der Waals surface area contributed by atoms with Gasteiger partial charge in [-0.25, -0.2) is 9.59 Å². The molecule has 61 heavy (non-hydrogen) atoms. The highest BCUT2D eigenvalue weighted by molar-refractivity contribution is 5.87. The van der Waals surface area contributed by atoms with Crippen molar-refractivity contribution < 1.29 is 34.0 Å². The van der Waals surface area contributed by atoms with Gasteiger partial charge in [0, 0.05) is 29.4 Å². The van der Waals surface area contributed by atoms with E-state index in [2.05, 4.69) is 46.1 Å². The second kappa shape index (κ2) is 26.9. The maximum absolute atomic E-state index is 12.4. The Morgan fingerprint density at radius 1 is 0.689 bits per heavy atom. The number of carbonyl (C=O) groups excluding carboxylic acids is 2. The summed E-state index contributed by atoms with van der Waals surface area (Å²) in [6.07, 6.45) is 28.6. The molecule has 0 radical (unpaired) electrons. The van der Waals surface area contributed by atoms with Gasteiger partial charge in [-0.1, -0.05) is 110 Å². The third kappa shape index (κ3) is 16.1. The molecule has 1 unspecified atom stereocenters. The Balaban J connectivity index is 1.47. The molecular weight excluding hydrogens is 761 g/mol. The van der Waals surface area contributed by atoms with E-state index in [4.69, 9.17) is 14.2 Å². The predicted octanol–water partition coefficient (Wildman–Crippen LogP) is 12.8. The Bertz CT molecular complexity index is 1420. The summed E-state index contributed by atoms with van der Waals surface area (Å²) in [5.41, 5.74) is 3.31. The standard InChI is InChI=1S/C54H88O7/c1-8-11-13-15-42-16-18-43(19-17-42)44-20-22-45(23-21-44)46-24-26-47(27-25-46)50-34-48(28-31-60-52(57)39(4)5)51(49(35-50)29-32-61-53(58)40(6)7)59-33-30-54(37-55,38-56)36-41(10-3)14-12-9-2/h34-35,41-47,55-56H,4,6,8-33,36-38H2,1-3,5,7H3. The Kier molecular flexibility index (Phi) is 22.5. The zero-order valence-corrected chi connectivity index (χ0v) is 39.6. The van der Waals surface area contributed by atoms with Crippen molar-refractivity contribution >= 4 is 11.9 Å². The highest BCUT2D eigenvalue weighted by Gasteiger charge is 2.36. The topological polar surface area (TPSA) is 102 Å². The average molecular weight is 849 g/mol. The fraction of sp³-hybridized carbons (Fsp3) is 0.778. The van der Waals surface area contributed by atoms with Crippen LogP contribution in [0.3, 0.4) is 0 Å². The zero-order valence-electron chi connectivity index (χ0n) is 39.6. The summed E-state index contributed by atoms with van der Waals surface area (Å²) < 4.78 is 17.9. The van der Waals surface area contributed by atoms with E-state index in [1.165, 1.54) is 95.5 Å². The molecule has 0 aliphatic heterocycles. The van der Waals surface area contributed by atoms with E-state index in [1.807, 2.05) is 0 Å². The SMILES string of the molecule is C=C(C)C(=O)OCCc1cc(C2CCC(C3CCC(C4CCC(CCCCC)CC4)CC3)CC2)cc(CCOC(=O)C(=C)C)c1OCCC(CO)(CO)CC(CC)CCCC. The molecule has 0 aromatic heterocycles. The molecule has 0 spiro atoms. The third-order valence-corrected chi connectivity index (χ3v) is 15.5. The maximum Gasteiger partial charge on any atom is 0.333 e. The van der Waals surface area contributed by atoms with Gasteiger partial charge in [0.15, 0.2) is 0 Å². The lowest BCUT2D eigenvalue weighted by Crippen LogP contribution is -2.34. The average Bonchev–Trinajstić information content (AvgIpc) is 3.28. The molecule has 3 aliphatic rings. The minimum Gasteiger partial charge on any atom is -0.493 e. The van der Waals surface area contributed by atoms with Crippen LogP contribution < -0.4 is 4.74 Å². The molecule has 0 bridgehead atoms. The first-order chi connectivity index (χ1) is 29.5. The van der Waals surface area contributed by atoms with Crippen molar-refractivity contribution in [3.8, 4) is 5.75 Å². The van der Waals surface area contributed by atoms with Crippen molar-refractivity contribution in [2.75, 3.05) is 33.0 Å². The van der Waals surface area contributed by atoms with Crippen LogP contribution in [0.4, 0.5) is 0 Å². The first-order valence-corrected chi connectivity index (χ1v) is 25.1. The van der Waals surface area contributed by atoms with Crippen LogP contribution in [-0.4, -0.2) is 55.2 Å². The van der Waals surface area contributed by atoms with Gasteiger partial charge >= 0.3 is 11.9 Å². The van der Waals surface area contributed by atoms with Gasteiger partial charge in [0.1, 0.15) is 5.75 Å². The lowest BCUT2D eigenvalue weighted by Gasteiger charge is -2.41. The highest BCUT2D eigenvalue weighted by atomic mass is 16.5. The largest absolute Gasteiger partial charge is 0.493 e. The van der Waals surface area contributed by atoms with Crippen molar-refractivity contribution in [1.29, 1.82) is 0 Å². The van der Waals surface area contributed by atoms with Crippen molar-refractivity contribution in [1.82, 2.24) is 0 Å². The van der Waals surface area contributed by atoms with Crippen LogP contribution in [0.2, 0.25) is 0 Å². The number of esters is 2. The predicted molar refractivity (Wildman–Crippen MR) is 250 cm³/mol. The zero-order chi connectivity index (χ0) is 44.2. The minimum atomic E-state index is -0.645. The number of ether oxygens (including phenoxy) is 3. The summed E-state index contributed by atoms with van der Waals surface area (Å²) in [5, 5.41) is 21.3. The molecule has 4 rings (SSSR count). The van der Waals surface area contributed by atoms with E-state index < -0.39 is 17.4 Å². The molecule has 3 saturated carbocycles. The summed E-state index contributed by atoms with van der Waals surface area (Å²) in [5.74, 6) is 5.34. The molecule has 346 valence electrons. The van der Waals surface area contributed by atoms with Gasteiger partial charge in [-0.05, 0) is 149 Å². The molecule has 7 heteroatoms. The normalized spacial score (nSPS) is 23.9. The number of benzene rings is 1. The third-order valence-electron chi connectivity index (χ3n) is 15.5. The van der Waals surface area contributed by atoms with Crippen LogP contribution in [0.25, 0.3) is 0 Å². The van der Waals surface area contributed by atoms with Gasteiger partial charge in [0.05, 0.1) is 33.0 Å². The Hall–Kier alpha value is -2.64. The summed E-state index contributed by atoms with van der Waals surface area (Å²) in [7, 11) is 0. The number of aliphatic hydroxyl groups is 2. The summed E-state index contributed by atoms with van der Waals surface area (Å²) >= 11 is 0. The van der Waals surface area contributed by atoms with E-state index in [1.54, 1.807) is 13.8 Å². The fourth-order valence-corrected chi connectivity index (χ4v) is 11.3. The monoisotopic (exact) mass is 849 g/mol. The summed E-state index contributed by atoms with van der Waals surface area (Å²) in [4.78, 5) is 24.9. The van der Waals surface area contributed by atoms with Crippen LogP contribution in [0.1, 0.15) is 198 Å². The summed E-state index contributed by atoms with van der Waals surface area (Å²) in [6, 6.07) is 4.54. The molecule has 7 nitrogen and oxygen atoms in total. The van der Waals surface area contributed by atoms with Gasteiger partial charge in [0.25, 0.3) is 0 Å². The molecule has 0 saturated heterocycles. The van der Waals surface area contributed by atoms with Gasteiger partial charge in [-0.3, -0.25) is 0 Å². The fourth-order valence-electron chi connectivity index (χ4n) is 11.3. The van der Waals surface area contributed by atoms with Gasteiger partial charge in [-0.2, -0.15) is 0 Å². The molecule has 3 aliphatic carbocycles. The van der Waals surface area contributed by atoms with Crippen molar-refractivity contribution in [3.63, 3.8) is 0 Å². The molecule has 1 atom stereocenters. The molecule has 1 aromatic rings. The number of hydrogen-bond acceptors (Lipinski definition) is 7. The molecule has 1 aromatic carbocycles. The van der Waals surface area contributed by atoms with E-state index in [0.717, 1.165) is 91.4 Å². The maximum atomic E-state index is 12.4. The number of unbranched alkanes of at least 4 members (excludes halogenated alkanes) is 3. The number of rotatable bonds is 27. The van der Waals surface area contributed by atoms with E-state index in [9.17, 15) is 19.8 Å². The van der Waals surface area contributed by atoms with Crippen molar-refractivity contribution in [3.05, 3.63) is 53.1 Å². The minimum absolute atomic E-state index is 0.105. The molecule has 0 heterocycles. The Morgan fingerprint density at radius 3 is 1.61 bits per heavy atom. The van der Waals surface area contributed by atoms with Crippen LogP contribution >= 0.6 is 0 Å². The number of carbonyl (C=O) groups is 2. The smallest absolute Gasteiger partial charge is 0.333 e. The van der Waals surface area contributed by atoms with Crippen LogP contribution in [-0.2, 0) is 31.9 Å². The van der Waals surface area contributed by atoms with Crippen LogP contribution in [0, 0.1) is 40.9 Å². The van der Waals surface area contributed by atoms with E-state index in [-0.39, 0.29) is 26.4 Å². The summed E-state index contributed by atoms with van der Waals surface area (Å²) in [6.45, 7) is 18.0. The van der Waals surface area contributed by atoms with Crippen LogP contribution in [0.5, 0.6) is 5.75 Å².